The van der Waals surface area contributed by atoms with Crippen molar-refractivity contribution < 1.29 is 32.2 Å². The minimum absolute atomic E-state index is 0.0435. The molecule has 0 radical (unpaired) electrons. The third-order valence-corrected chi connectivity index (χ3v) is 6.53. The van der Waals surface area contributed by atoms with Gasteiger partial charge in [0.25, 0.3) is 11.8 Å². The Hall–Kier alpha value is -4.34. The molecule has 0 spiro atoms. The molecule has 39 heavy (non-hydrogen) atoms. The number of methoxy groups -OCH3 is 2. The van der Waals surface area contributed by atoms with E-state index in [1.165, 1.54) is 24.1 Å². The van der Waals surface area contributed by atoms with Crippen molar-refractivity contribution in [3.8, 4) is 11.5 Å². The molecule has 4 rings (SSSR count). The van der Waals surface area contributed by atoms with E-state index < -0.39 is 29.6 Å². The lowest BCUT2D eigenvalue weighted by atomic mass is 9.97. The highest BCUT2D eigenvalue weighted by Crippen LogP contribution is 2.36. The molecule has 1 atom stereocenters. The number of alkyl halides is 3. The quantitative estimate of drug-likeness (QED) is 0.399. The first-order chi connectivity index (χ1) is 18.5. The summed E-state index contributed by atoms with van der Waals surface area (Å²) in [5, 5.41) is 6.00. The average molecular weight is 540 g/mol. The number of hydrogen-bond acceptors (Lipinski definition) is 5. The Labute approximate surface area is 224 Å². The van der Waals surface area contributed by atoms with E-state index in [1.54, 1.807) is 19.2 Å². The summed E-state index contributed by atoms with van der Waals surface area (Å²) in [4.78, 5) is 27.5. The van der Waals surface area contributed by atoms with Crippen LogP contribution in [0, 0.1) is 6.92 Å². The van der Waals surface area contributed by atoms with E-state index in [1.807, 2.05) is 37.3 Å². The van der Waals surface area contributed by atoms with Crippen LogP contribution < -0.4 is 9.47 Å². The maximum absolute atomic E-state index is 13.5. The van der Waals surface area contributed by atoms with Gasteiger partial charge in [-0.1, -0.05) is 29.8 Å². The van der Waals surface area contributed by atoms with Gasteiger partial charge in [-0.3, -0.25) is 9.59 Å². The Bertz CT molecular complexity index is 1390. The fourth-order valence-electron chi connectivity index (χ4n) is 4.36. The molecular weight excluding hydrogens is 511 g/mol. The van der Waals surface area contributed by atoms with Gasteiger partial charge >= 0.3 is 6.18 Å². The van der Waals surface area contributed by atoms with E-state index in [0.29, 0.717) is 29.2 Å². The number of aryl methyl sites for hydroxylation is 1. The van der Waals surface area contributed by atoms with Gasteiger partial charge in [0.1, 0.15) is 18.0 Å². The Morgan fingerprint density at radius 3 is 2.26 bits per heavy atom. The lowest BCUT2D eigenvalue weighted by molar-refractivity contribution is -0.137. The molecule has 7 nitrogen and oxygen atoms in total. The smallest absolute Gasteiger partial charge is 0.416 e. The summed E-state index contributed by atoms with van der Waals surface area (Å²) < 4.78 is 49.5. The molecule has 0 saturated carbocycles. The van der Waals surface area contributed by atoms with Crippen molar-refractivity contribution in [2.45, 2.75) is 25.6 Å². The number of nitrogens with zero attached hydrogens (tertiary/aromatic N) is 3. The van der Waals surface area contributed by atoms with Crippen molar-refractivity contribution in [1.82, 2.24) is 9.91 Å². The molecule has 0 aliphatic carbocycles. The van der Waals surface area contributed by atoms with Crippen LogP contribution in [-0.2, 0) is 11.0 Å². The average Bonchev–Trinajstić information content (AvgIpc) is 3.37. The maximum Gasteiger partial charge on any atom is 0.416 e. The molecule has 0 bridgehead atoms. The Morgan fingerprint density at radius 1 is 1.00 bits per heavy atom. The molecule has 0 fully saturated rings. The zero-order chi connectivity index (χ0) is 28.3. The van der Waals surface area contributed by atoms with Gasteiger partial charge < -0.3 is 14.4 Å². The van der Waals surface area contributed by atoms with Crippen molar-refractivity contribution in [3.05, 3.63) is 94.5 Å². The molecule has 3 aromatic carbocycles. The second-order valence-corrected chi connectivity index (χ2v) is 9.22. The number of halogens is 3. The SMILES string of the molecule is COc1ccc(C2=NN(C(=O)CN(C)C(=O)c3ccc(C(F)(F)F)cc3)[C@H](c3ccc(C)cc3)C2)c(OC)c1. The summed E-state index contributed by atoms with van der Waals surface area (Å²) in [5.74, 6) is 0.135. The van der Waals surface area contributed by atoms with E-state index in [4.69, 9.17) is 9.47 Å². The highest BCUT2D eigenvalue weighted by Gasteiger charge is 2.35. The number of carbonyl (C=O) groups is 2. The van der Waals surface area contributed by atoms with Gasteiger partial charge in [0.05, 0.1) is 31.5 Å². The van der Waals surface area contributed by atoms with E-state index in [2.05, 4.69) is 5.10 Å². The molecule has 1 heterocycles. The monoisotopic (exact) mass is 539 g/mol. The summed E-state index contributed by atoms with van der Waals surface area (Å²) in [6.45, 7) is 1.64. The minimum Gasteiger partial charge on any atom is -0.497 e. The molecule has 0 N–H and O–H groups in total. The highest BCUT2D eigenvalue weighted by molar-refractivity contribution is 6.05. The molecule has 0 aromatic heterocycles. The Kier molecular flexibility index (Phi) is 7.94. The van der Waals surface area contributed by atoms with Gasteiger partial charge in [0.2, 0.25) is 0 Å². The number of amides is 2. The second-order valence-electron chi connectivity index (χ2n) is 9.22. The van der Waals surface area contributed by atoms with Crippen LogP contribution in [-0.4, -0.2) is 55.2 Å². The van der Waals surface area contributed by atoms with E-state index in [-0.39, 0.29) is 12.1 Å². The van der Waals surface area contributed by atoms with Crippen molar-refractivity contribution in [2.24, 2.45) is 5.10 Å². The number of rotatable bonds is 7. The molecule has 2 amide bonds. The van der Waals surface area contributed by atoms with Crippen LogP contribution >= 0.6 is 0 Å². The molecule has 0 saturated heterocycles. The predicted octanol–water partition coefficient (Wildman–Crippen LogP) is 5.48. The number of ether oxygens (including phenoxy) is 2. The van der Waals surface area contributed by atoms with Crippen LogP contribution in [0.4, 0.5) is 13.2 Å². The molecule has 1 aliphatic rings. The largest absolute Gasteiger partial charge is 0.497 e. The van der Waals surface area contributed by atoms with Crippen molar-refractivity contribution >= 4 is 17.5 Å². The van der Waals surface area contributed by atoms with Gasteiger partial charge in [0, 0.05) is 30.7 Å². The highest BCUT2D eigenvalue weighted by atomic mass is 19.4. The summed E-state index contributed by atoms with van der Waals surface area (Å²) in [7, 11) is 4.51. The number of likely N-dealkylation sites (N-methyl/N-ethyl adjacent to an activating group) is 1. The summed E-state index contributed by atoms with van der Waals surface area (Å²) in [6.07, 6.45) is -4.10. The predicted molar refractivity (Wildman–Crippen MR) is 140 cm³/mol. The van der Waals surface area contributed by atoms with Gasteiger partial charge in [-0.05, 0) is 48.9 Å². The van der Waals surface area contributed by atoms with Crippen LogP contribution in [0.15, 0.2) is 71.8 Å². The number of hydrazone groups is 1. The summed E-state index contributed by atoms with van der Waals surface area (Å²) in [6, 6.07) is 16.6. The first-order valence-electron chi connectivity index (χ1n) is 12.1. The topological polar surface area (TPSA) is 71.4 Å². The van der Waals surface area contributed by atoms with Crippen LogP contribution in [0.1, 0.15) is 45.1 Å². The number of hydrogen-bond donors (Lipinski definition) is 0. The zero-order valence-corrected chi connectivity index (χ0v) is 22.0. The molecule has 0 unspecified atom stereocenters. The molecular formula is C29H28F3N3O4. The van der Waals surface area contributed by atoms with Crippen LogP contribution in [0.25, 0.3) is 0 Å². The molecule has 1 aliphatic heterocycles. The Balaban J connectivity index is 1.60. The normalized spacial score (nSPS) is 15.1. The van der Waals surface area contributed by atoms with Crippen LogP contribution in [0.5, 0.6) is 11.5 Å². The van der Waals surface area contributed by atoms with E-state index >= 15 is 0 Å². The standard InChI is InChI=1S/C29H28F3N3O4/c1-18-5-7-19(8-6-18)25-16-24(23-14-13-22(38-3)15-26(23)39-4)33-35(25)27(36)17-34(2)28(37)20-9-11-21(12-10-20)29(30,31)32/h5-15,25H,16-17H2,1-4H3/t25-/m0/s1. The zero-order valence-electron chi connectivity index (χ0n) is 22.0. The van der Waals surface area contributed by atoms with Gasteiger partial charge in [-0.25, -0.2) is 5.01 Å². The lowest BCUT2D eigenvalue weighted by Gasteiger charge is -2.25. The first kappa shape index (κ1) is 27.7. The van der Waals surface area contributed by atoms with E-state index in [9.17, 15) is 22.8 Å². The third kappa shape index (κ3) is 6.05. The van der Waals surface area contributed by atoms with Crippen molar-refractivity contribution in [3.63, 3.8) is 0 Å². The van der Waals surface area contributed by atoms with E-state index in [0.717, 1.165) is 35.4 Å². The minimum atomic E-state index is -4.51. The molecule has 10 heteroatoms. The molecule has 3 aromatic rings. The fraction of sp³-hybridized carbons (Fsp3) is 0.276. The summed E-state index contributed by atoms with van der Waals surface area (Å²) in [5.41, 5.74) is 2.46. The number of carbonyl (C=O) groups excluding carboxylic acids is 2. The van der Waals surface area contributed by atoms with Crippen LogP contribution in [0.3, 0.4) is 0 Å². The first-order valence-corrected chi connectivity index (χ1v) is 12.1. The van der Waals surface area contributed by atoms with Gasteiger partial charge in [-0.15, -0.1) is 0 Å². The maximum atomic E-state index is 13.5. The van der Waals surface area contributed by atoms with Gasteiger partial charge in [-0.2, -0.15) is 18.3 Å². The lowest BCUT2D eigenvalue weighted by Crippen LogP contribution is -2.39. The van der Waals surface area contributed by atoms with Crippen molar-refractivity contribution in [2.75, 3.05) is 27.8 Å². The van der Waals surface area contributed by atoms with Crippen molar-refractivity contribution in [1.29, 1.82) is 0 Å². The van der Waals surface area contributed by atoms with Gasteiger partial charge in [0.15, 0.2) is 0 Å². The molecule has 204 valence electrons. The Morgan fingerprint density at radius 2 is 1.67 bits per heavy atom. The third-order valence-electron chi connectivity index (χ3n) is 6.53. The summed E-state index contributed by atoms with van der Waals surface area (Å²) >= 11 is 0. The second kappa shape index (κ2) is 11.2. The van der Waals surface area contributed by atoms with Crippen LogP contribution in [0.2, 0.25) is 0 Å². The fourth-order valence-corrected chi connectivity index (χ4v) is 4.36. The number of benzene rings is 3.